The number of benzene rings is 1. The molecule has 1 fully saturated rings. The smallest absolute Gasteiger partial charge is 0.227 e. The molecule has 5 nitrogen and oxygen atoms in total. The van der Waals surface area contributed by atoms with Gasteiger partial charge in [-0.1, -0.05) is 0 Å². The summed E-state index contributed by atoms with van der Waals surface area (Å²) < 4.78 is 10.7. The van der Waals surface area contributed by atoms with Crippen molar-refractivity contribution in [1.29, 1.82) is 0 Å². The van der Waals surface area contributed by atoms with Gasteiger partial charge in [0.25, 0.3) is 0 Å². The van der Waals surface area contributed by atoms with Gasteiger partial charge in [-0.2, -0.15) is 0 Å². The number of furan rings is 1. The molecule has 0 radical (unpaired) electrons. The number of ether oxygens (including phenoxy) is 1. The second kappa shape index (κ2) is 6.40. The standard InChI is InChI=1S/C17H22N2O3/c1-18-13-4-3-7-19(10-13)17(20)8-12-11-22-16-9-14(21-2)5-6-15(12)16/h5-6,9,11,13,18H,3-4,7-8,10H2,1-2H3. The van der Waals surface area contributed by atoms with Crippen LogP contribution in [-0.4, -0.2) is 44.1 Å². The van der Waals surface area contributed by atoms with Gasteiger partial charge in [-0.25, -0.2) is 0 Å². The first-order valence-electron chi connectivity index (χ1n) is 7.70. The van der Waals surface area contributed by atoms with Gasteiger partial charge in [0, 0.05) is 36.1 Å². The van der Waals surface area contributed by atoms with Crippen LogP contribution in [0.4, 0.5) is 0 Å². The summed E-state index contributed by atoms with van der Waals surface area (Å²) in [5.41, 5.74) is 1.70. The average Bonchev–Trinajstić information content (AvgIpc) is 2.96. The first-order valence-corrected chi connectivity index (χ1v) is 7.70. The Morgan fingerprint density at radius 3 is 3.14 bits per heavy atom. The van der Waals surface area contributed by atoms with Crippen LogP contribution in [0, 0.1) is 0 Å². The van der Waals surface area contributed by atoms with Crippen LogP contribution in [0.25, 0.3) is 11.0 Å². The molecule has 0 saturated carbocycles. The number of likely N-dealkylation sites (tertiary alicyclic amines) is 1. The maximum absolute atomic E-state index is 12.5. The van der Waals surface area contributed by atoms with Gasteiger partial charge in [0.05, 0.1) is 19.8 Å². The van der Waals surface area contributed by atoms with Crippen molar-refractivity contribution in [3.8, 4) is 5.75 Å². The molecule has 0 bridgehead atoms. The van der Waals surface area contributed by atoms with Crippen molar-refractivity contribution in [3.63, 3.8) is 0 Å². The van der Waals surface area contributed by atoms with Gasteiger partial charge >= 0.3 is 0 Å². The highest BCUT2D eigenvalue weighted by molar-refractivity contribution is 5.88. The van der Waals surface area contributed by atoms with Crippen LogP contribution in [0.5, 0.6) is 5.75 Å². The fourth-order valence-corrected chi connectivity index (χ4v) is 3.04. The number of nitrogens with one attached hydrogen (secondary N) is 1. The maximum atomic E-state index is 12.5. The summed E-state index contributed by atoms with van der Waals surface area (Å²) in [4.78, 5) is 14.5. The Morgan fingerprint density at radius 2 is 2.36 bits per heavy atom. The molecule has 1 aliphatic rings. The Balaban J connectivity index is 1.74. The number of fused-ring (bicyclic) bond motifs is 1. The number of amides is 1. The van der Waals surface area contributed by atoms with Gasteiger partial charge in [-0.05, 0) is 32.0 Å². The Bertz CT molecular complexity index is 665. The third-order valence-electron chi connectivity index (χ3n) is 4.39. The highest BCUT2D eigenvalue weighted by Crippen LogP contribution is 2.26. The zero-order chi connectivity index (χ0) is 15.5. The van der Waals surface area contributed by atoms with Gasteiger partial charge in [0.2, 0.25) is 5.91 Å². The van der Waals surface area contributed by atoms with Crippen molar-refractivity contribution in [1.82, 2.24) is 10.2 Å². The van der Waals surface area contributed by atoms with E-state index < -0.39 is 0 Å². The summed E-state index contributed by atoms with van der Waals surface area (Å²) in [6, 6.07) is 6.10. The van der Waals surface area contributed by atoms with Crippen LogP contribution >= 0.6 is 0 Å². The van der Waals surface area contributed by atoms with Crippen LogP contribution in [0.1, 0.15) is 18.4 Å². The topological polar surface area (TPSA) is 54.7 Å². The van der Waals surface area contributed by atoms with E-state index in [0.29, 0.717) is 12.5 Å². The van der Waals surface area contributed by atoms with Crippen molar-refractivity contribution >= 4 is 16.9 Å². The first kappa shape index (κ1) is 14.9. The molecule has 1 aromatic carbocycles. The minimum atomic E-state index is 0.165. The lowest BCUT2D eigenvalue weighted by Gasteiger charge is -2.32. The Kier molecular flexibility index (Phi) is 4.34. The second-order valence-corrected chi connectivity index (χ2v) is 5.77. The molecule has 2 heterocycles. The first-order chi connectivity index (χ1) is 10.7. The Morgan fingerprint density at radius 1 is 1.50 bits per heavy atom. The van der Waals surface area contributed by atoms with E-state index in [4.69, 9.17) is 9.15 Å². The molecule has 118 valence electrons. The molecule has 1 unspecified atom stereocenters. The predicted octanol–water partition coefficient (Wildman–Crippen LogP) is 2.19. The van der Waals surface area contributed by atoms with E-state index in [1.54, 1.807) is 13.4 Å². The molecular weight excluding hydrogens is 280 g/mol. The molecule has 22 heavy (non-hydrogen) atoms. The summed E-state index contributed by atoms with van der Waals surface area (Å²) in [7, 11) is 3.58. The van der Waals surface area contributed by atoms with Gasteiger partial charge < -0.3 is 19.4 Å². The maximum Gasteiger partial charge on any atom is 0.227 e. The molecular formula is C17H22N2O3. The number of methoxy groups -OCH3 is 1. The van der Waals surface area contributed by atoms with Gasteiger partial charge in [0.1, 0.15) is 11.3 Å². The van der Waals surface area contributed by atoms with E-state index >= 15 is 0 Å². The molecule has 0 aliphatic carbocycles. The molecule has 2 aromatic rings. The van der Waals surface area contributed by atoms with Gasteiger partial charge in [-0.15, -0.1) is 0 Å². The SMILES string of the molecule is CNC1CCCN(C(=O)Cc2coc3cc(OC)ccc23)C1. The highest BCUT2D eigenvalue weighted by Gasteiger charge is 2.23. The van der Waals surface area contributed by atoms with Crippen molar-refractivity contribution in [2.24, 2.45) is 0 Å². The lowest BCUT2D eigenvalue weighted by Crippen LogP contribution is -2.47. The predicted molar refractivity (Wildman–Crippen MR) is 85.1 cm³/mol. The normalized spacial score (nSPS) is 18.6. The number of likely N-dealkylation sites (N-methyl/N-ethyl adjacent to an activating group) is 1. The quantitative estimate of drug-likeness (QED) is 0.940. The summed E-state index contributed by atoms with van der Waals surface area (Å²) >= 11 is 0. The third-order valence-corrected chi connectivity index (χ3v) is 4.39. The van der Waals surface area contributed by atoms with E-state index in [1.165, 1.54) is 0 Å². The number of rotatable bonds is 4. The third kappa shape index (κ3) is 2.95. The minimum absolute atomic E-state index is 0.165. The summed E-state index contributed by atoms with van der Waals surface area (Å²) in [6.45, 7) is 1.64. The molecule has 1 amide bonds. The monoisotopic (exact) mass is 302 g/mol. The molecule has 5 heteroatoms. The van der Waals surface area contributed by atoms with Crippen molar-refractivity contribution < 1.29 is 13.9 Å². The molecule has 1 saturated heterocycles. The van der Waals surface area contributed by atoms with Gasteiger partial charge in [0.15, 0.2) is 0 Å². The zero-order valence-electron chi connectivity index (χ0n) is 13.1. The fourth-order valence-electron chi connectivity index (χ4n) is 3.04. The van der Waals surface area contributed by atoms with E-state index in [0.717, 1.165) is 48.2 Å². The summed E-state index contributed by atoms with van der Waals surface area (Å²) in [6.07, 6.45) is 4.26. The fraction of sp³-hybridized carbons (Fsp3) is 0.471. The largest absolute Gasteiger partial charge is 0.497 e. The zero-order valence-corrected chi connectivity index (χ0v) is 13.1. The molecule has 1 N–H and O–H groups in total. The van der Waals surface area contributed by atoms with E-state index in [2.05, 4.69) is 5.32 Å². The lowest BCUT2D eigenvalue weighted by molar-refractivity contribution is -0.131. The van der Waals surface area contributed by atoms with Crippen LogP contribution < -0.4 is 10.1 Å². The molecule has 1 atom stereocenters. The molecule has 1 aromatic heterocycles. The number of piperidine rings is 1. The van der Waals surface area contributed by atoms with E-state index in [-0.39, 0.29) is 5.91 Å². The number of carbonyl (C=O) groups excluding carboxylic acids is 1. The molecule has 3 rings (SSSR count). The van der Waals surface area contributed by atoms with Crippen LogP contribution in [0.2, 0.25) is 0 Å². The van der Waals surface area contributed by atoms with Crippen LogP contribution in [-0.2, 0) is 11.2 Å². The van der Waals surface area contributed by atoms with Gasteiger partial charge in [-0.3, -0.25) is 4.79 Å². The van der Waals surface area contributed by atoms with E-state index in [1.807, 2.05) is 30.1 Å². The molecule has 0 spiro atoms. The number of carbonyl (C=O) groups is 1. The summed E-state index contributed by atoms with van der Waals surface area (Å²) in [5.74, 6) is 0.922. The number of nitrogens with zero attached hydrogens (tertiary/aromatic N) is 1. The Hall–Kier alpha value is -2.01. The van der Waals surface area contributed by atoms with Crippen molar-refractivity contribution in [2.75, 3.05) is 27.2 Å². The average molecular weight is 302 g/mol. The minimum Gasteiger partial charge on any atom is -0.497 e. The van der Waals surface area contributed by atoms with Crippen LogP contribution in [0.3, 0.4) is 0 Å². The van der Waals surface area contributed by atoms with Crippen molar-refractivity contribution in [2.45, 2.75) is 25.3 Å². The van der Waals surface area contributed by atoms with E-state index in [9.17, 15) is 4.79 Å². The van der Waals surface area contributed by atoms with Crippen LogP contribution in [0.15, 0.2) is 28.9 Å². The number of hydrogen-bond donors (Lipinski definition) is 1. The number of hydrogen-bond acceptors (Lipinski definition) is 4. The van der Waals surface area contributed by atoms with Crippen molar-refractivity contribution in [3.05, 3.63) is 30.0 Å². The lowest BCUT2D eigenvalue weighted by atomic mass is 10.0. The Labute approximate surface area is 130 Å². The summed E-state index contributed by atoms with van der Waals surface area (Å²) in [5, 5.41) is 4.25. The molecule has 1 aliphatic heterocycles. The second-order valence-electron chi connectivity index (χ2n) is 5.77. The highest BCUT2D eigenvalue weighted by atomic mass is 16.5.